The number of carbonyl (C=O) groups excluding carboxylic acids is 1. The van der Waals surface area contributed by atoms with Gasteiger partial charge in [0.05, 0.1) is 11.3 Å². The fourth-order valence-electron chi connectivity index (χ4n) is 2.84. The van der Waals surface area contributed by atoms with Crippen molar-refractivity contribution in [3.63, 3.8) is 0 Å². The molecule has 8 heteroatoms. The first kappa shape index (κ1) is 18.2. The molecule has 4 nitrogen and oxygen atoms in total. The van der Waals surface area contributed by atoms with Crippen molar-refractivity contribution in [3.05, 3.63) is 76.9 Å². The average molecular weight is 401 g/mol. The third kappa shape index (κ3) is 3.38. The highest BCUT2D eigenvalue weighted by Crippen LogP contribution is 2.31. The number of fused-ring (bicyclic) bond motifs is 1. The third-order valence-electron chi connectivity index (χ3n) is 4.30. The maximum absolute atomic E-state index is 12.6. The molecule has 0 saturated heterocycles. The van der Waals surface area contributed by atoms with E-state index in [0.717, 1.165) is 29.1 Å². The molecule has 2 aromatic carbocycles. The minimum atomic E-state index is -4.41. The van der Waals surface area contributed by atoms with Crippen LogP contribution in [0.5, 0.6) is 0 Å². The smallest absolute Gasteiger partial charge is 0.321 e. The van der Waals surface area contributed by atoms with Gasteiger partial charge in [-0.1, -0.05) is 41.7 Å². The zero-order valence-corrected chi connectivity index (χ0v) is 15.4. The Labute approximate surface area is 162 Å². The van der Waals surface area contributed by atoms with Crippen LogP contribution in [0.1, 0.15) is 20.9 Å². The molecule has 2 aromatic heterocycles. The Morgan fingerprint density at radius 3 is 2.36 bits per heavy atom. The molecule has 2 heterocycles. The monoisotopic (exact) mass is 401 g/mol. The summed E-state index contributed by atoms with van der Waals surface area (Å²) in [6.07, 6.45) is -2.54. The van der Waals surface area contributed by atoms with Gasteiger partial charge in [0.1, 0.15) is 4.88 Å². The third-order valence-corrected chi connectivity index (χ3v) is 5.46. The summed E-state index contributed by atoms with van der Waals surface area (Å²) in [5, 5.41) is 2.64. The number of amides is 1. The van der Waals surface area contributed by atoms with Crippen LogP contribution in [0.2, 0.25) is 0 Å². The summed E-state index contributed by atoms with van der Waals surface area (Å²) >= 11 is 1.23. The Morgan fingerprint density at radius 1 is 1.07 bits per heavy atom. The number of aryl methyl sites for hydroxylation is 1. The van der Waals surface area contributed by atoms with E-state index >= 15 is 0 Å². The lowest BCUT2D eigenvalue weighted by Gasteiger charge is -2.08. The van der Waals surface area contributed by atoms with Crippen molar-refractivity contribution in [2.45, 2.75) is 13.1 Å². The summed E-state index contributed by atoms with van der Waals surface area (Å²) in [6, 6.07) is 14.1. The van der Waals surface area contributed by atoms with Crippen molar-refractivity contribution in [2.75, 3.05) is 5.32 Å². The quantitative estimate of drug-likeness (QED) is 0.483. The molecule has 0 atom stereocenters. The van der Waals surface area contributed by atoms with Crippen LogP contribution < -0.4 is 5.32 Å². The van der Waals surface area contributed by atoms with Gasteiger partial charge < -0.3 is 5.32 Å². The van der Waals surface area contributed by atoms with Crippen LogP contribution in [-0.4, -0.2) is 15.3 Å². The first-order valence-corrected chi connectivity index (χ1v) is 9.17. The molecule has 1 amide bonds. The second-order valence-electron chi connectivity index (χ2n) is 6.19. The molecule has 0 fully saturated rings. The molecule has 0 saturated carbocycles. The zero-order chi connectivity index (χ0) is 19.9. The van der Waals surface area contributed by atoms with Crippen LogP contribution in [0, 0.1) is 6.92 Å². The van der Waals surface area contributed by atoms with E-state index in [-0.39, 0.29) is 5.91 Å². The molecule has 0 radical (unpaired) electrons. The van der Waals surface area contributed by atoms with Crippen LogP contribution in [0.4, 0.5) is 18.9 Å². The van der Waals surface area contributed by atoms with Crippen LogP contribution >= 0.6 is 11.3 Å². The van der Waals surface area contributed by atoms with E-state index in [4.69, 9.17) is 0 Å². The van der Waals surface area contributed by atoms with Gasteiger partial charge in [-0.25, -0.2) is 4.98 Å². The zero-order valence-electron chi connectivity index (χ0n) is 14.6. The largest absolute Gasteiger partial charge is 0.416 e. The fourth-order valence-corrected chi connectivity index (χ4v) is 3.84. The predicted molar refractivity (Wildman–Crippen MR) is 103 cm³/mol. The molecule has 4 rings (SSSR count). The van der Waals surface area contributed by atoms with E-state index in [0.29, 0.717) is 15.5 Å². The molecule has 4 aromatic rings. The standard InChI is InChI=1S/C20H14F3N3OS/c1-12-17(18(27)24-15-9-7-14(8-10-15)20(21,22)23)28-19-25-16(11-26(12)19)13-5-3-2-4-6-13/h2-11H,1H3,(H,24,27). The van der Waals surface area contributed by atoms with Gasteiger partial charge in [0.2, 0.25) is 0 Å². The Kier molecular flexibility index (Phi) is 4.43. The van der Waals surface area contributed by atoms with Crippen LogP contribution in [0.25, 0.3) is 16.2 Å². The van der Waals surface area contributed by atoms with Crippen molar-refractivity contribution >= 4 is 27.9 Å². The minimum absolute atomic E-state index is 0.299. The van der Waals surface area contributed by atoms with Gasteiger partial charge >= 0.3 is 6.18 Å². The van der Waals surface area contributed by atoms with Gasteiger partial charge in [-0.05, 0) is 31.2 Å². The number of carbonyl (C=O) groups is 1. The van der Waals surface area contributed by atoms with E-state index in [1.54, 1.807) is 0 Å². The van der Waals surface area contributed by atoms with Crippen molar-refractivity contribution in [2.24, 2.45) is 0 Å². The second kappa shape index (κ2) is 6.79. The highest BCUT2D eigenvalue weighted by atomic mass is 32.1. The molecule has 1 N–H and O–H groups in total. The minimum Gasteiger partial charge on any atom is -0.321 e. The molecular weight excluding hydrogens is 387 g/mol. The lowest BCUT2D eigenvalue weighted by molar-refractivity contribution is -0.137. The first-order chi connectivity index (χ1) is 13.3. The first-order valence-electron chi connectivity index (χ1n) is 8.35. The highest BCUT2D eigenvalue weighted by Gasteiger charge is 2.30. The number of rotatable bonds is 3. The Bertz CT molecular complexity index is 1150. The van der Waals surface area contributed by atoms with Crippen LogP contribution in [-0.2, 0) is 6.18 Å². The lowest BCUT2D eigenvalue weighted by atomic mass is 10.2. The van der Waals surface area contributed by atoms with Crippen molar-refractivity contribution in [1.29, 1.82) is 0 Å². The maximum atomic E-state index is 12.6. The van der Waals surface area contributed by atoms with Gasteiger partial charge in [0.25, 0.3) is 5.91 Å². The Morgan fingerprint density at radius 2 is 1.75 bits per heavy atom. The number of nitrogens with zero attached hydrogens (tertiary/aromatic N) is 2. The summed E-state index contributed by atoms with van der Waals surface area (Å²) in [5.41, 5.74) is 2.05. The molecular formula is C20H14F3N3OS. The number of halogens is 3. The topological polar surface area (TPSA) is 46.4 Å². The number of aromatic nitrogens is 2. The number of benzene rings is 2. The average Bonchev–Trinajstić information content (AvgIpc) is 3.22. The number of alkyl halides is 3. The molecule has 28 heavy (non-hydrogen) atoms. The highest BCUT2D eigenvalue weighted by molar-refractivity contribution is 7.19. The molecule has 0 aliphatic heterocycles. The number of thiazole rings is 1. The van der Waals surface area contributed by atoms with Gasteiger partial charge in [-0.3, -0.25) is 9.20 Å². The molecule has 0 aliphatic carbocycles. The molecule has 0 bridgehead atoms. The fraction of sp³-hybridized carbons (Fsp3) is 0.100. The summed E-state index contributed by atoms with van der Waals surface area (Å²) in [6.45, 7) is 1.81. The predicted octanol–water partition coefficient (Wildman–Crippen LogP) is 5.64. The van der Waals surface area contributed by atoms with Crippen molar-refractivity contribution in [1.82, 2.24) is 9.38 Å². The SMILES string of the molecule is Cc1c(C(=O)Nc2ccc(C(F)(F)F)cc2)sc2nc(-c3ccccc3)cn12. The summed E-state index contributed by atoms with van der Waals surface area (Å²) in [5.74, 6) is -0.381. The van der Waals surface area contributed by atoms with Crippen molar-refractivity contribution in [3.8, 4) is 11.3 Å². The lowest BCUT2D eigenvalue weighted by Crippen LogP contribution is -2.12. The Hall–Kier alpha value is -3.13. The molecule has 142 valence electrons. The van der Waals surface area contributed by atoms with Gasteiger partial charge in [0, 0.05) is 23.1 Å². The molecule has 0 aliphatic rings. The second-order valence-corrected chi connectivity index (χ2v) is 7.17. The van der Waals surface area contributed by atoms with Gasteiger partial charge in [-0.2, -0.15) is 13.2 Å². The van der Waals surface area contributed by atoms with E-state index in [9.17, 15) is 18.0 Å². The number of hydrogen-bond donors (Lipinski definition) is 1. The van der Waals surface area contributed by atoms with E-state index < -0.39 is 11.7 Å². The summed E-state index contributed by atoms with van der Waals surface area (Å²) in [7, 11) is 0. The number of hydrogen-bond acceptors (Lipinski definition) is 3. The van der Waals surface area contributed by atoms with Gasteiger partial charge in [-0.15, -0.1) is 0 Å². The molecule has 0 spiro atoms. The summed E-state index contributed by atoms with van der Waals surface area (Å²) < 4.78 is 39.8. The number of imidazole rings is 1. The summed E-state index contributed by atoms with van der Waals surface area (Å²) in [4.78, 5) is 18.3. The van der Waals surface area contributed by atoms with Gasteiger partial charge in [0.15, 0.2) is 4.96 Å². The number of nitrogens with one attached hydrogen (secondary N) is 1. The van der Waals surface area contributed by atoms with Crippen LogP contribution in [0.15, 0.2) is 60.8 Å². The Balaban J connectivity index is 1.58. The number of anilines is 1. The van der Waals surface area contributed by atoms with E-state index in [1.165, 1.54) is 23.5 Å². The maximum Gasteiger partial charge on any atom is 0.416 e. The van der Waals surface area contributed by atoms with E-state index in [1.807, 2.05) is 47.9 Å². The van der Waals surface area contributed by atoms with Crippen molar-refractivity contribution < 1.29 is 18.0 Å². The normalized spacial score (nSPS) is 11.7. The van der Waals surface area contributed by atoms with E-state index in [2.05, 4.69) is 10.3 Å². The molecule has 0 unspecified atom stereocenters. The van der Waals surface area contributed by atoms with Crippen LogP contribution in [0.3, 0.4) is 0 Å².